The Morgan fingerprint density at radius 3 is 2.79 bits per heavy atom. The summed E-state index contributed by atoms with van der Waals surface area (Å²) >= 11 is 3.00. The zero-order valence-corrected chi connectivity index (χ0v) is 14.3. The Labute approximate surface area is 146 Å². The summed E-state index contributed by atoms with van der Waals surface area (Å²) in [5, 5.41) is 2.62. The molecule has 0 spiro atoms. The number of thiophene rings is 1. The van der Waals surface area contributed by atoms with Gasteiger partial charge in [-0.1, -0.05) is 42.1 Å². The fourth-order valence-electron chi connectivity index (χ4n) is 2.45. The largest absolute Gasteiger partial charge is 0.467 e. The van der Waals surface area contributed by atoms with Crippen LogP contribution in [-0.2, 0) is 12.3 Å². The molecular weight excluding hydrogens is 340 g/mol. The number of hydrogen-bond acceptors (Lipinski definition) is 5. The number of aromatic nitrogens is 2. The van der Waals surface area contributed by atoms with Crippen molar-refractivity contribution in [2.45, 2.75) is 17.5 Å². The summed E-state index contributed by atoms with van der Waals surface area (Å²) in [4.78, 5) is 17.5. The van der Waals surface area contributed by atoms with Crippen LogP contribution in [0.5, 0.6) is 0 Å². The molecule has 3 aromatic heterocycles. The van der Waals surface area contributed by atoms with Crippen molar-refractivity contribution in [3.63, 3.8) is 0 Å². The lowest BCUT2D eigenvalue weighted by Gasteiger charge is -2.10. The van der Waals surface area contributed by atoms with E-state index in [2.05, 4.69) is 17.1 Å². The Kier molecular flexibility index (Phi) is 4.23. The summed E-state index contributed by atoms with van der Waals surface area (Å²) in [5.74, 6) is 1.51. The number of furan rings is 1. The molecule has 4 rings (SSSR count). The van der Waals surface area contributed by atoms with Crippen molar-refractivity contribution in [1.29, 1.82) is 0 Å². The van der Waals surface area contributed by atoms with Crippen LogP contribution in [0.25, 0.3) is 10.2 Å². The molecule has 0 unspecified atom stereocenters. The molecule has 3 heterocycles. The van der Waals surface area contributed by atoms with Gasteiger partial charge >= 0.3 is 0 Å². The van der Waals surface area contributed by atoms with Gasteiger partial charge in [0.2, 0.25) is 0 Å². The number of hydrogen-bond donors (Lipinski definition) is 0. The van der Waals surface area contributed by atoms with E-state index in [9.17, 15) is 4.79 Å². The quantitative estimate of drug-likeness (QED) is 0.394. The van der Waals surface area contributed by atoms with Crippen LogP contribution in [-0.4, -0.2) is 9.55 Å². The lowest BCUT2D eigenvalue weighted by Crippen LogP contribution is -2.23. The molecule has 24 heavy (non-hydrogen) atoms. The van der Waals surface area contributed by atoms with E-state index in [-0.39, 0.29) is 5.56 Å². The molecule has 0 radical (unpaired) electrons. The monoisotopic (exact) mass is 354 g/mol. The Balaban J connectivity index is 1.73. The Hall–Kier alpha value is -2.31. The molecule has 0 bridgehead atoms. The van der Waals surface area contributed by atoms with Gasteiger partial charge in [-0.25, -0.2) is 4.98 Å². The summed E-state index contributed by atoms with van der Waals surface area (Å²) in [6.45, 7) is 0.393. The highest BCUT2D eigenvalue weighted by atomic mass is 32.2. The number of fused-ring (bicyclic) bond motifs is 1. The van der Waals surface area contributed by atoms with Crippen molar-refractivity contribution in [3.05, 3.63) is 81.9 Å². The third kappa shape index (κ3) is 3.02. The highest BCUT2D eigenvalue weighted by Crippen LogP contribution is 2.24. The first-order valence-electron chi connectivity index (χ1n) is 7.48. The van der Waals surface area contributed by atoms with E-state index in [0.29, 0.717) is 16.4 Å². The second-order valence-corrected chi connectivity index (χ2v) is 7.13. The fourth-order valence-corrected chi connectivity index (χ4v) is 4.19. The van der Waals surface area contributed by atoms with Gasteiger partial charge in [-0.2, -0.15) is 0 Å². The smallest absolute Gasteiger partial charge is 0.272 e. The first-order chi connectivity index (χ1) is 11.8. The summed E-state index contributed by atoms with van der Waals surface area (Å²) in [6.07, 6.45) is 1.62. The minimum atomic E-state index is -0.0121. The van der Waals surface area contributed by atoms with E-state index < -0.39 is 0 Å². The van der Waals surface area contributed by atoms with Gasteiger partial charge in [0.25, 0.3) is 5.56 Å². The maximum absolute atomic E-state index is 12.8. The molecule has 4 aromatic rings. The fraction of sp³-hybridized carbons (Fsp3) is 0.111. The molecule has 1 aromatic carbocycles. The van der Waals surface area contributed by atoms with E-state index in [1.165, 1.54) is 16.9 Å². The Morgan fingerprint density at radius 2 is 2.00 bits per heavy atom. The van der Waals surface area contributed by atoms with Gasteiger partial charge in [-0.3, -0.25) is 9.36 Å². The van der Waals surface area contributed by atoms with Crippen LogP contribution in [0.3, 0.4) is 0 Å². The second-order valence-electron chi connectivity index (χ2n) is 5.27. The van der Waals surface area contributed by atoms with Crippen LogP contribution < -0.4 is 5.56 Å². The molecule has 0 saturated heterocycles. The molecule has 120 valence electrons. The first-order valence-corrected chi connectivity index (χ1v) is 9.35. The van der Waals surface area contributed by atoms with E-state index in [1.54, 1.807) is 22.6 Å². The zero-order valence-electron chi connectivity index (χ0n) is 12.7. The average molecular weight is 354 g/mol. The Morgan fingerprint density at radius 1 is 1.12 bits per heavy atom. The highest BCUT2D eigenvalue weighted by Gasteiger charge is 2.14. The predicted molar refractivity (Wildman–Crippen MR) is 97.7 cm³/mol. The molecular formula is C18H14N2O2S2. The highest BCUT2D eigenvalue weighted by molar-refractivity contribution is 7.98. The Bertz CT molecular complexity index is 1000. The van der Waals surface area contributed by atoms with Gasteiger partial charge in [-0.15, -0.1) is 11.3 Å². The van der Waals surface area contributed by atoms with E-state index in [1.807, 2.05) is 41.8 Å². The summed E-state index contributed by atoms with van der Waals surface area (Å²) in [6, 6.07) is 15.8. The van der Waals surface area contributed by atoms with Crippen LogP contribution in [0, 0.1) is 0 Å². The van der Waals surface area contributed by atoms with Crippen molar-refractivity contribution < 1.29 is 4.42 Å². The van der Waals surface area contributed by atoms with Gasteiger partial charge in [-0.05, 0) is 29.1 Å². The standard InChI is InChI=1S/C18H14N2O2S2/c21-17-16-15(8-10-23-16)19-18(20(17)11-14-7-4-9-22-14)24-12-13-5-2-1-3-6-13/h1-10H,11-12H2. The first kappa shape index (κ1) is 15.2. The van der Waals surface area contributed by atoms with Crippen molar-refractivity contribution in [2.75, 3.05) is 0 Å². The zero-order chi connectivity index (χ0) is 16.4. The van der Waals surface area contributed by atoms with E-state index >= 15 is 0 Å². The number of benzene rings is 1. The summed E-state index contributed by atoms with van der Waals surface area (Å²) in [5.41, 5.74) is 1.95. The lowest BCUT2D eigenvalue weighted by atomic mass is 10.2. The van der Waals surface area contributed by atoms with E-state index in [4.69, 9.17) is 4.42 Å². The molecule has 0 amide bonds. The molecule has 0 aliphatic rings. The third-order valence-electron chi connectivity index (χ3n) is 3.64. The normalized spacial score (nSPS) is 11.2. The molecule has 0 aliphatic heterocycles. The van der Waals surface area contributed by atoms with Crippen molar-refractivity contribution in [1.82, 2.24) is 9.55 Å². The molecule has 0 saturated carbocycles. The third-order valence-corrected chi connectivity index (χ3v) is 5.57. The number of rotatable bonds is 5. The van der Waals surface area contributed by atoms with Gasteiger partial charge in [0, 0.05) is 5.75 Å². The molecule has 6 heteroatoms. The van der Waals surface area contributed by atoms with Crippen molar-refractivity contribution in [3.8, 4) is 0 Å². The van der Waals surface area contributed by atoms with Gasteiger partial charge in [0.1, 0.15) is 10.5 Å². The second kappa shape index (κ2) is 6.67. The SMILES string of the molecule is O=c1c2sccc2nc(SCc2ccccc2)n1Cc1ccco1. The van der Waals surface area contributed by atoms with Crippen LogP contribution in [0.4, 0.5) is 0 Å². The molecule has 0 N–H and O–H groups in total. The van der Waals surface area contributed by atoms with Crippen LogP contribution in [0.1, 0.15) is 11.3 Å². The number of thioether (sulfide) groups is 1. The maximum atomic E-state index is 12.8. The van der Waals surface area contributed by atoms with Crippen LogP contribution in [0.15, 0.2) is 74.5 Å². The maximum Gasteiger partial charge on any atom is 0.272 e. The van der Waals surface area contributed by atoms with Crippen molar-refractivity contribution in [2.24, 2.45) is 0 Å². The number of nitrogens with zero attached hydrogens (tertiary/aromatic N) is 2. The van der Waals surface area contributed by atoms with Gasteiger partial charge < -0.3 is 4.42 Å². The topological polar surface area (TPSA) is 48.0 Å². The average Bonchev–Trinajstić information content (AvgIpc) is 3.28. The van der Waals surface area contributed by atoms with Gasteiger partial charge in [0.05, 0.1) is 18.3 Å². The van der Waals surface area contributed by atoms with Crippen LogP contribution >= 0.6 is 23.1 Å². The molecule has 0 aliphatic carbocycles. The predicted octanol–water partition coefficient (Wildman–Crippen LogP) is 4.39. The summed E-state index contributed by atoms with van der Waals surface area (Å²) in [7, 11) is 0. The van der Waals surface area contributed by atoms with Crippen LogP contribution in [0.2, 0.25) is 0 Å². The lowest BCUT2D eigenvalue weighted by molar-refractivity contribution is 0.477. The minimum Gasteiger partial charge on any atom is -0.467 e. The molecule has 0 atom stereocenters. The van der Waals surface area contributed by atoms with E-state index in [0.717, 1.165) is 17.0 Å². The minimum absolute atomic E-state index is 0.0121. The molecule has 4 nitrogen and oxygen atoms in total. The van der Waals surface area contributed by atoms with Crippen molar-refractivity contribution >= 4 is 33.3 Å². The molecule has 0 fully saturated rings. The summed E-state index contributed by atoms with van der Waals surface area (Å²) < 4.78 is 7.80. The van der Waals surface area contributed by atoms with Gasteiger partial charge in [0.15, 0.2) is 5.16 Å².